The molecule has 1 aromatic heterocycles. The molecule has 0 saturated heterocycles. The molecule has 1 fully saturated rings. The number of rotatable bonds is 2. The van der Waals surface area contributed by atoms with Crippen LogP contribution in [0.4, 0.5) is 0 Å². The van der Waals surface area contributed by atoms with Gasteiger partial charge in [0.2, 0.25) is 0 Å². The van der Waals surface area contributed by atoms with Crippen molar-refractivity contribution in [3.63, 3.8) is 0 Å². The maximum absolute atomic E-state index is 11.4. The number of aromatic nitrogens is 1. The Balaban J connectivity index is 2.15. The first-order valence-electron chi connectivity index (χ1n) is 7.33. The SMILES string of the molecule is CC(C)c1nc2c(c(I)c1C=O)[C@@H](O)CC1(CCC1)C2. The van der Waals surface area contributed by atoms with Crippen LogP contribution in [0.25, 0.3) is 0 Å². The van der Waals surface area contributed by atoms with Crippen LogP contribution >= 0.6 is 22.6 Å². The highest BCUT2D eigenvalue weighted by molar-refractivity contribution is 14.1. The Morgan fingerprint density at radius 2 is 2.15 bits per heavy atom. The van der Waals surface area contributed by atoms with Gasteiger partial charge in [-0.3, -0.25) is 9.78 Å². The first kappa shape index (κ1) is 14.4. The van der Waals surface area contributed by atoms with Gasteiger partial charge >= 0.3 is 0 Å². The Hall–Kier alpha value is -0.490. The molecule has 1 atom stereocenters. The average Bonchev–Trinajstić information content (AvgIpc) is 2.35. The number of hydrogen-bond donors (Lipinski definition) is 1. The van der Waals surface area contributed by atoms with Crippen LogP contribution in [0.5, 0.6) is 0 Å². The quantitative estimate of drug-likeness (QED) is 0.623. The normalized spacial score (nSPS) is 23.6. The first-order chi connectivity index (χ1) is 9.47. The van der Waals surface area contributed by atoms with E-state index in [1.54, 1.807) is 0 Å². The van der Waals surface area contributed by atoms with Crippen molar-refractivity contribution in [1.29, 1.82) is 0 Å². The van der Waals surface area contributed by atoms with E-state index in [1.165, 1.54) is 19.3 Å². The highest BCUT2D eigenvalue weighted by Crippen LogP contribution is 2.53. The fourth-order valence-corrected chi connectivity index (χ4v) is 4.75. The molecule has 1 aromatic rings. The Labute approximate surface area is 133 Å². The molecule has 0 amide bonds. The maximum Gasteiger partial charge on any atom is 0.152 e. The molecule has 4 heteroatoms. The number of nitrogens with zero attached hydrogens (tertiary/aromatic N) is 1. The summed E-state index contributed by atoms with van der Waals surface area (Å²) in [5.74, 6) is 0.227. The summed E-state index contributed by atoms with van der Waals surface area (Å²) in [6.45, 7) is 4.13. The molecule has 2 aliphatic carbocycles. The van der Waals surface area contributed by atoms with Crippen LogP contribution in [0.15, 0.2) is 0 Å². The smallest absolute Gasteiger partial charge is 0.152 e. The van der Waals surface area contributed by atoms with Gasteiger partial charge in [0, 0.05) is 20.4 Å². The first-order valence-corrected chi connectivity index (χ1v) is 8.41. The van der Waals surface area contributed by atoms with E-state index in [2.05, 4.69) is 36.4 Å². The monoisotopic (exact) mass is 385 g/mol. The topological polar surface area (TPSA) is 50.2 Å². The van der Waals surface area contributed by atoms with Crippen molar-refractivity contribution in [3.8, 4) is 0 Å². The standard InChI is InChI=1S/C16H20INO2/c1-9(2)15-10(8-19)14(17)13-11(18-15)6-16(4-3-5-16)7-12(13)20/h8-9,12,20H,3-7H2,1-2H3/t12-/m0/s1. The zero-order valence-electron chi connectivity index (χ0n) is 11.9. The van der Waals surface area contributed by atoms with Crippen LogP contribution < -0.4 is 0 Å². The van der Waals surface area contributed by atoms with E-state index in [0.29, 0.717) is 5.56 Å². The Kier molecular flexibility index (Phi) is 3.65. The van der Waals surface area contributed by atoms with Crippen LogP contribution in [0.1, 0.15) is 78.9 Å². The Morgan fingerprint density at radius 1 is 1.45 bits per heavy atom. The summed E-state index contributed by atoms with van der Waals surface area (Å²) in [6.07, 6.45) is 5.90. The van der Waals surface area contributed by atoms with E-state index in [1.807, 2.05) is 0 Å². The van der Waals surface area contributed by atoms with Gasteiger partial charge in [0.25, 0.3) is 0 Å². The molecule has 2 aliphatic rings. The number of aliphatic hydroxyl groups excluding tert-OH is 1. The minimum atomic E-state index is -0.460. The molecule has 0 unspecified atom stereocenters. The number of carbonyl (C=O) groups excluding carboxylic acids is 1. The summed E-state index contributed by atoms with van der Waals surface area (Å²) in [6, 6.07) is 0. The summed E-state index contributed by atoms with van der Waals surface area (Å²) in [7, 11) is 0. The minimum Gasteiger partial charge on any atom is -0.388 e. The average molecular weight is 385 g/mol. The number of aliphatic hydroxyl groups is 1. The number of hydrogen-bond acceptors (Lipinski definition) is 3. The van der Waals surface area contributed by atoms with Gasteiger partial charge in [-0.05, 0) is 59.6 Å². The zero-order chi connectivity index (χ0) is 14.5. The summed E-state index contributed by atoms with van der Waals surface area (Å²) < 4.78 is 0.910. The molecule has 1 saturated carbocycles. The predicted molar refractivity (Wildman–Crippen MR) is 86.0 cm³/mol. The van der Waals surface area contributed by atoms with Gasteiger partial charge in [-0.25, -0.2) is 0 Å². The van der Waals surface area contributed by atoms with Crippen molar-refractivity contribution in [3.05, 3.63) is 26.1 Å². The lowest BCUT2D eigenvalue weighted by atomic mass is 9.60. The number of carbonyl (C=O) groups is 1. The lowest BCUT2D eigenvalue weighted by Gasteiger charge is -2.47. The molecule has 1 heterocycles. The zero-order valence-corrected chi connectivity index (χ0v) is 14.1. The number of pyridine rings is 1. The highest BCUT2D eigenvalue weighted by Gasteiger charge is 2.44. The van der Waals surface area contributed by atoms with Crippen molar-refractivity contribution in [2.24, 2.45) is 5.41 Å². The van der Waals surface area contributed by atoms with E-state index >= 15 is 0 Å². The highest BCUT2D eigenvalue weighted by atomic mass is 127. The van der Waals surface area contributed by atoms with E-state index in [9.17, 15) is 9.90 Å². The van der Waals surface area contributed by atoms with Crippen LogP contribution in [0.2, 0.25) is 0 Å². The summed E-state index contributed by atoms with van der Waals surface area (Å²) in [5, 5.41) is 10.5. The van der Waals surface area contributed by atoms with Crippen LogP contribution in [0, 0.1) is 8.99 Å². The molecule has 3 rings (SSSR count). The summed E-state index contributed by atoms with van der Waals surface area (Å²) >= 11 is 2.21. The number of halogens is 1. The minimum absolute atomic E-state index is 0.227. The predicted octanol–water partition coefficient (Wildman–Crippen LogP) is 3.77. The van der Waals surface area contributed by atoms with Crippen molar-refractivity contribution in [2.75, 3.05) is 0 Å². The van der Waals surface area contributed by atoms with Gasteiger partial charge in [0.05, 0.1) is 11.8 Å². The van der Waals surface area contributed by atoms with Crippen molar-refractivity contribution < 1.29 is 9.90 Å². The third-order valence-corrected chi connectivity index (χ3v) is 6.06. The van der Waals surface area contributed by atoms with Crippen molar-refractivity contribution >= 4 is 28.9 Å². The van der Waals surface area contributed by atoms with Gasteiger partial charge in [-0.2, -0.15) is 0 Å². The van der Waals surface area contributed by atoms with Crippen LogP contribution in [-0.4, -0.2) is 16.4 Å². The lowest BCUT2D eigenvalue weighted by molar-refractivity contribution is 0.0238. The van der Waals surface area contributed by atoms with E-state index in [0.717, 1.165) is 39.6 Å². The molecule has 108 valence electrons. The Bertz CT molecular complexity index is 564. The molecular formula is C16H20INO2. The fourth-order valence-electron chi connectivity index (χ4n) is 3.67. The Morgan fingerprint density at radius 3 is 2.65 bits per heavy atom. The number of fused-ring (bicyclic) bond motifs is 1. The second-order valence-corrected chi connectivity index (χ2v) is 7.69. The largest absolute Gasteiger partial charge is 0.388 e. The van der Waals surface area contributed by atoms with Gasteiger partial charge in [-0.1, -0.05) is 20.3 Å². The molecule has 0 aliphatic heterocycles. The van der Waals surface area contributed by atoms with Gasteiger partial charge in [0.1, 0.15) is 0 Å². The van der Waals surface area contributed by atoms with Crippen LogP contribution in [0.3, 0.4) is 0 Å². The lowest BCUT2D eigenvalue weighted by Crippen LogP contribution is -2.38. The molecule has 1 spiro atoms. The molecule has 20 heavy (non-hydrogen) atoms. The molecule has 0 radical (unpaired) electrons. The molecule has 1 N–H and O–H groups in total. The van der Waals surface area contributed by atoms with E-state index in [4.69, 9.17) is 4.98 Å². The van der Waals surface area contributed by atoms with Gasteiger partial charge in [0.15, 0.2) is 6.29 Å². The third kappa shape index (κ3) is 2.11. The second kappa shape index (κ2) is 5.05. The molecular weight excluding hydrogens is 365 g/mol. The number of aldehydes is 1. The molecule has 0 bridgehead atoms. The van der Waals surface area contributed by atoms with Crippen molar-refractivity contribution in [1.82, 2.24) is 4.98 Å². The van der Waals surface area contributed by atoms with E-state index in [-0.39, 0.29) is 11.3 Å². The fraction of sp³-hybridized carbons (Fsp3) is 0.625. The molecule has 3 nitrogen and oxygen atoms in total. The van der Waals surface area contributed by atoms with Gasteiger partial charge in [-0.15, -0.1) is 0 Å². The van der Waals surface area contributed by atoms with Crippen molar-refractivity contribution in [2.45, 2.75) is 58.0 Å². The maximum atomic E-state index is 11.4. The second-order valence-electron chi connectivity index (χ2n) is 6.61. The van der Waals surface area contributed by atoms with Crippen LogP contribution in [-0.2, 0) is 6.42 Å². The third-order valence-electron chi connectivity index (χ3n) is 4.90. The van der Waals surface area contributed by atoms with Gasteiger partial charge < -0.3 is 5.11 Å². The summed E-state index contributed by atoms with van der Waals surface area (Å²) in [4.78, 5) is 16.2. The molecule has 0 aromatic carbocycles. The summed E-state index contributed by atoms with van der Waals surface area (Å²) in [5.41, 5.74) is 3.77. The van der Waals surface area contributed by atoms with E-state index < -0.39 is 6.10 Å².